The van der Waals surface area contributed by atoms with E-state index in [-0.39, 0.29) is 23.9 Å². The van der Waals surface area contributed by atoms with Gasteiger partial charge >= 0.3 is 0 Å². The largest absolute Gasteiger partial charge is 0.350 e. The third kappa shape index (κ3) is 3.09. The summed E-state index contributed by atoms with van der Waals surface area (Å²) in [5.74, 6) is 2.25. The number of rotatable bonds is 3. The fourth-order valence-electron chi connectivity index (χ4n) is 3.61. The van der Waals surface area contributed by atoms with Gasteiger partial charge in [-0.3, -0.25) is 9.59 Å². The smallest absolute Gasteiger partial charge is 0.243 e. The van der Waals surface area contributed by atoms with Crippen LogP contribution in [0, 0.1) is 0 Å². The molecular formula is C16H25N5O2. The zero-order valence-electron chi connectivity index (χ0n) is 14.1. The molecule has 126 valence electrons. The molecular weight excluding hydrogens is 294 g/mol. The second-order valence-electron chi connectivity index (χ2n) is 6.85. The van der Waals surface area contributed by atoms with Crippen LogP contribution in [0.5, 0.6) is 0 Å². The van der Waals surface area contributed by atoms with Crippen molar-refractivity contribution in [2.24, 2.45) is 0 Å². The van der Waals surface area contributed by atoms with Crippen molar-refractivity contribution in [1.29, 1.82) is 0 Å². The minimum absolute atomic E-state index is 0.0190. The third-order valence-electron chi connectivity index (χ3n) is 4.80. The van der Waals surface area contributed by atoms with E-state index >= 15 is 0 Å². The Balaban J connectivity index is 1.66. The van der Waals surface area contributed by atoms with Crippen LogP contribution in [0.3, 0.4) is 0 Å². The summed E-state index contributed by atoms with van der Waals surface area (Å²) >= 11 is 0. The molecule has 2 aliphatic rings. The quantitative estimate of drug-likeness (QED) is 0.895. The summed E-state index contributed by atoms with van der Waals surface area (Å²) in [5, 5.41) is 11.7. The Hall–Kier alpha value is -1.92. The molecule has 0 radical (unpaired) electrons. The predicted molar refractivity (Wildman–Crippen MR) is 84.8 cm³/mol. The van der Waals surface area contributed by atoms with E-state index in [4.69, 9.17) is 0 Å². The number of aryl methyl sites for hydroxylation is 1. The van der Waals surface area contributed by atoms with Crippen LogP contribution in [0.4, 0.5) is 0 Å². The highest BCUT2D eigenvalue weighted by Gasteiger charge is 2.34. The van der Waals surface area contributed by atoms with Gasteiger partial charge in [0.1, 0.15) is 17.7 Å². The number of likely N-dealkylation sites (tertiary alicyclic amines) is 1. The number of nitrogens with zero attached hydrogens (tertiary/aromatic N) is 4. The van der Waals surface area contributed by atoms with Crippen molar-refractivity contribution >= 4 is 11.8 Å². The Bertz CT molecular complexity index is 610. The Morgan fingerprint density at radius 3 is 2.74 bits per heavy atom. The summed E-state index contributed by atoms with van der Waals surface area (Å²) in [5.41, 5.74) is 0. The molecule has 23 heavy (non-hydrogen) atoms. The summed E-state index contributed by atoms with van der Waals surface area (Å²) in [4.78, 5) is 25.9. The van der Waals surface area contributed by atoms with Crippen LogP contribution in [0.1, 0.15) is 57.6 Å². The summed E-state index contributed by atoms with van der Waals surface area (Å²) < 4.78 is 2.14. The lowest BCUT2D eigenvalue weighted by molar-refractivity contribution is -0.137. The predicted octanol–water partition coefficient (Wildman–Crippen LogP) is 0.843. The minimum atomic E-state index is -0.306. The van der Waals surface area contributed by atoms with E-state index in [9.17, 15) is 9.59 Å². The van der Waals surface area contributed by atoms with Gasteiger partial charge in [0.05, 0.1) is 0 Å². The van der Waals surface area contributed by atoms with Crippen LogP contribution in [0.15, 0.2) is 0 Å². The molecule has 7 nitrogen and oxygen atoms in total. The fraction of sp³-hybridized carbons (Fsp3) is 0.750. The zero-order valence-corrected chi connectivity index (χ0v) is 14.1. The maximum absolute atomic E-state index is 12.6. The second-order valence-corrected chi connectivity index (χ2v) is 6.85. The molecule has 0 bridgehead atoms. The SMILES string of the molecule is CC(=O)N1CCC[C@H]1C(=O)N[C@H]1CCc2nnc(C(C)C)n2C1. The second kappa shape index (κ2) is 6.29. The molecule has 1 N–H and O–H groups in total. The van der Waals surface area contributed by atoms with E-state index in [2.05, 4.69) is 33.9 Å². The number of hydrogen-bond acceptors (Lipinski definition) is 4. The summed E-state index contributed by atoms with van der Waals surface area (Å²) in [6.07, 6.45) is 3.35. The molecule has 1 aromatic rings. The highest BCUT2D eigenvalue weighted by molar-refractivity contribution is 5.87. The molecule has 1 fully saturated rings. The first kappa shape index (κ1) is 16.0. The van der Waals surface area contributed by atoms with E-state index < -0.39 is 0 Å². The van der Waals surface area contributed by atoms with Gasteiger partial charge in [0.2, 0.25) is 11.8 Å². The molecule has 0 aliphatic carbocycles. The van der Waals surface area contributed by atoms with Crippen molar-refractivity contribution in [3.63, 3.8) is 0 Å². The van der Waals surface area contributed by atoms with Gasteiger partial charge in [-0.05, 0) is 19.3 Å². The minimum Gasteiger partial charge on any atom is -0.350 e. The summed E-state index contributed by atoms with van der Waals surface area (Å²) in [6, 6.07) is -0.225. The lowest BCUT2D eigenvalue weighted by Gasteiger charge is -2.29. The maximum Gasteiger partial charge on any atom is 0.243 e. The van der Waals surface area contributed by atoms with Crippen molar-refractivity contribution in [3.05, 3.63) is 11.6 Å². The number of carbonyl (C=O) groups is 2. The first-order valence-electron chi connectivity index (χ1n) is 8.47. The number of fused-ring (bicyclic) bond motifs is 1. The molecule has 0 spiro atoms. The topological polar surface area (TPSA) is 80.1 Å². The lowest BCUT2D eigenvalue weighted by atomic mass is 10.1. The van der Waals surface area contributed by atoms with Crippen molar-refractivity contribution < 1.29 is 9.59 Å². The van der Waals surface area contributed by atoms with Crippen LogP contribution < -0.4 is 5.32 Å². The lowest BCUT2D eigenvalue weighted by Crippen LogP contribution is -2.50. The molecule has 2 atom stereocenters. The van der Waals surface area contributed by atoms with Crippen LogP contribution in [-0.2, 0) is 22.6 Å². The third-order valence-corrected chi connectivity index (χ3v) is 4.80. The zero-order chi connectivity index (χ0) is 16.6. The van der Waals surface area contributed by atoms with E-state index in [0.29, 0.717) is 19.0 Å². The van der Waals surface area contributed by atoms with Crippen molar-refractivity contribution in [3.8, 4) is 0 Å². The van der Waals surface area contributed by atoms with Gasteiger partial charge in [0, 0.05) is 38.4 Å². The van der Waals surface area contributed by atoms with Gasteiger partial charge in [-0.2, -0.15) is 0 Å². The van der Waals surface area contributed by atoms with E-state index in [1.165, 1.54) is 6.92 Å². The van der Waals surface area contributed by atoms with Crippen LogP contribution in [0.25, 0.3) is 0 Å². The highest BCUT2D eigenvalue weighted by atomic mass is 16.2. The molecule has 3 rings (SSSR count). The molecule has 1 aromatic heterocycles. The molecule has 3 heterocycles. The number of amides is 2. The Labute approximate surface area is 136 Å². The van der Waals surface area contributed by atoms with E-state index in [1.807, 2.05) is 0 Å². The van der Waals surface area contributed by atoms with Gasteiger partial charge in [-0.25, -0.2) is 0 Å². The number of carbonyl (C=O) groups excluding carboxylic acids is 2. The van der Waals surface area contributed by atoms with Crippen LogP contribution in [0.2, 0.25) is 0 Å². The van der Waals surface area contributed by atoms with Crippen LogP contribution in [-0.4, -0.2) is 50.1 Å². The van der Waals surface area contributed by atoms with E-state index in [0.717, 1.165) is 37.3 Å². The normalized spacial score (nSPS) is 23.9. The molecule has 2 amide bonds. The Morgan fingerprint density at radius 1 is 1.26 bits per heavy atom. The number of aromatic nitrogens is 3. The summed E-state index contributed by atoms with van der Waals surface area (Å²) in [7, 11) is 0. The molecule has 0 aromatic carbocycles. The van der Waals surface area contributed by atoms with Gasteiger partial charge in [0.15, 0.2) is 0 Å². The van der Waals surface area contributed by atoms with E-state index in [1.54, 1.807) is 4.90 Å². The Kier molecular flexibility index (Phi) is 4.37. The first-order valence-corrected chi connectivity index (χ1v) is 8.47. The average Bonchev–Trinajstić information content (AvgIpc) is 3.13. The fourth-order valence-corrected chi connectivity index (χ4v) is 3.61. The maximum atomic E-state index is 12.6. The number of nitrogens with one attached hydrogen (secondary N) is 1. The molecule has 0 saturated carbocycles. The van der Waals surface area contributed by atoms with Gasteiger partial charge < -0.3 is 14.8 Å². The molecule has 2 aliphatic heterocycles. The monoisotopic (exact) mass is 319 g/mol. The Morgan fingerprint density at radius 2 is 2.04 bits per heavy atom. The average molecular weight is 319 g/mol. The van der Waals surface area contributed by atoms with Gasteiger partial charge in [-0.15, -0.1) is 10.2 Å². The first-order chi connectivity index (χ1) is 11.0. The molecule has 7 heteroatoms. The van der Waals surface area contributed by atoms with Crippen molar-refractivity contribution in [2.45, 2.75) is 71.0 Å². The number of hydrogen-bond donors (Lipinski definition) is 1. The standard InChI is InChI=1S/C16H25N5O2/c1-10(2)15-19-18-14-7-6-12(9-21(14)15)17-16(23)13-5-4-8-20(13)11(3)22/h10,12-13H,4-9H2,1-3H3,(H,17,23)/t12-,13-/m0/s1. The van der Waals surface area contributed by atoms with Crippen molar-refractivity contribution in [1.82, 2.24) is 25.0 Å². The van der Waals surface area contributed by atoms with Crippen molar-refractivity contribution in [2.75, 3.05) is 6.54 Å². The molecule has 1 saturated heterocycles. The van der Waals surface area contributed by atoms with Gasteiger partial charge in [-0.1, -0.05) is 13.8 Å². The summed E-state index contributed by atoms with van der Waals surface area (Å²) in [6.45, 7) is 7.13. The van der Waals surface area contributed by atoms with Gasteiger partial charge in [0.25, 0.3) is 0 Å². The van der Waals surface area contributed by atoms with Crippen LogP contribution >= 0.6 is 0 Å². The molecule has 0 unspecified atom stereocenters. The highest BCUT2D eigenvalue weighted by Crippen LogP contribution is 2.21.